The second-order valence-corrected chi connectivity index (χ2v) is 4.46. The molecule has 1 aromatic heterocycles. The van der Waals surface area contributed by atoms with Crippen LogP contribution in [0.5, 0.6) is 0 Å². The molecule has 1 aliphatic rings. The fourth-order valence-corrected chi connectivity index (χ4v) is 2.05. The van der Waals surface area contributed by atoms with Gasteiger partial charge in [-0.05, 0) is 12.1 Å². The van der Waals surface area contributed by atoms with Gasteiger partial charge in [-0.15, -0.1) is 0 Å². The molecular weight excluding hydrogens is 253 g/mol. The lowest BCUT2D eigenvalue weighted by Crippen LogP contribution is -2.28. The highest BCUT2D eigenvalue weighted by Gasteiger charge is 2.39. The van der Waals surface area contributed by atoms with Crippen LogP contribution in [0.1, 0.15) is 12.0 Å². The predicted molar refractivity (Wildman–Crippen MR) is 59.0 cm³/mol. The average molecular weight is 262 g/mol. The molecule has 0 bridgehead atoms. The van der Waals surface area contributed by atoms with Crippen LogP contribution >= 0.6 is 12.6 Å². The summed E-state index contributed by atoms with van der Waals surface area (Å²) in [5.74, 6) is -0.712. The van der Waals surface area contributed by atoms with Gasteiger partial charge >= 0.3 is 6.18 Å². The number of rotatable bonds is 1. The number of nitrogens with zero attached hydrogens (tertiary/aromatic N) is 2. The van der Waals surface area contributed by atoms with E-state index >= 15 is 0 Å². The summed E-state index contributed by atoms with van der Waals surface area (Å²) in [6.45, 7) is 0.155. The number of aromatic nitrogens is 1. The van der Waals surface area contributed by atoms with E-state index in [0.717, 1.165) is 11.0 Å². The molecule has 0 aliphatic carbocycles. The Hall–Kier alpha value is -1.24. The zero-order valence-corrected chi connectivity index (χ0v) is 9.50. The number of thiol groups is 1. The van der Waals surface area contributed by atoms with Gasteiger partial charge in [0.1, 0.15) is 5.82 Å². The van der Waals surface area contributed by atoms with Crippen LogP contribution in [0.4, 0.5) is 19.0 Å². The van der Waals surface area contributed by atoms with Gasteiger partial charge in [0.25, 0.3) is 0 Å². The van der Waals surface area contributed by atoms with E-state index in [0.29, 0.717) is 0 Å². The monoisotopic (exact) mass is 262 g/mol. The number of amides is 1. The number of hydrogen-bond acceptors (Lipinski definition) is 3. The van der Waals surface area contributed by atoms with E-state index in [9.17, 15) is 18.0 Å². The van der Waals surface area contributed by atoms with Crippen LogP contribution in [-0.4, -0.2) is 22.7 Å². The summed E-state index contributed by atoms with van der Waals surface area (Å²) >= 11 is 4.10. The minimum Gasteiger partial charge on any atom is -0.295 e. The second-order valence-electron chi connectivity index (χ2n) is 3.73. The molecule has 0 spiro atoms. The lowest BCUT2D eigenvalue weighted by atomic mass is 10.2. The van der Waals surface area contributed by atoms with Crippen LogP contribution in [0.25, 0.3) is 0 Å². The van der Waals surface area contributed by atoms with Crippen molar-refractivity contribution < 1.29 is 18.0 Å². The normalized spacial score (nSPS) is 21.1. The molecule has 1 unspecified atom stereocenters. The topological polar surface area (TPSA) is 33.2 Å². The largest absolute Gasteiger partial charge is 0.419 e. The molecule has 1 aliphatic heterocycles. The maximum Gasteiger partial charge on any atom is 0.419 e. The average Bonchev–Trinajstić information content (AvgIpc) is 2.56. The maximum absolute atomic E-state index is 12.7. The van der Waals surface area contributed by atoms with Crippen LogP contribution in [0.3, 0.4) is 0 Å². The highest BCUT2D eigenvalue weighted by Crippen LogP contribution is 2.36. The van der Waals surface area contributed by atoms with Crippen molar-refractivity contribution in [3.63, 3.8) is 0 Å². The molecular formula is C10H9F3N2OS. The number of carbonyl (C=O) groups is 1. The summed E-state index contributed by atoms with van der Waals surface area (Å²) in [5.41, 5.74) is -0.893. The Morgan fingerprint density at radius 2 is 2.18 bits per heavy atom. The maximum atomic E-state index is 12.7. The van der Waals surface area contributed by atoms with Crippen LogP contribution in [0.15, 0.2) is 18.3 Å². The zero-order valence-electron chi connectivity index (χ0n) is 8.61. The van der Waals surface area contributed by atoms with Crippen molar-refractivity contribution in [2.75, 3.05) is 11.4 Å². The molecule has 0 aromatic carbocycles. The van der Waals surface area contributed by atoms with Gasteiger partial charge in [-0.25, -0.2) is 4.98 Å². The molecule has 17 heavy (non-hydrogen) atoms. The number of hydrogen-bond donors (Lipinski definition) is 1. The second kappa shape index (κ2) is 4.21. The predicted octanol–water partition coefficient (Wildman–Crippen LogP) is 2.14. The summed E-state index contributed by atoms with van der Waals surface area (Å²) < 4.78 is 38.2. The van der Waals surface area contributed by atoms with E-state index in [1.807, 2.05) is 0 Å². The van der Waals surface area contributed by atoms with Crippen LogP contribution in [0, 0.1) is 0 Å². The SMILES string of the molecule is O=C1CC(S)CN1c1ncccc1C(F)(F)F. The third kappa shape index (κ3) is 2.38. The van der Waals surface area contributed by atoms with Gasteiger partial charge in [0.15, 0.2) is 0 Å². The lowest BCUT2D eigenvalue weighted by molar-refractivity contribution is -0.137. The van der Waals surface area contributed by atoms with Gasteiger partial charge in [-0.1, -0.05) is 0 Å². The summed E-state index contributed by atoms with van der Waals surface area (Å²) in [7, 11) is 0. The van der Waals surface area contributed by atoms with Crippen molar-refractivity contribution in [1.29, 1.82) is 0 Å². The Morgan fingerprint density at radius 3 is 2.71 bits per heavy atom. The van der Waals surface area contributed by atoms with E-state index in [4.69, 9.17) is 0 Å². The summed E-state index contributed by atoms with van der Waals surface area (Å²) in [4.78, 5) is 16.2. The molecule has 1 atom stereocenters. The Labute approximate surface area is 101 Å². The van der Waals surface area contributed by atoms with Crippen LogP contribution in [0.2, 0.25) is 0 Å². The van der Waals surface area contributed by atoms with E-state index in [2.05, 4.69) is 17.6 Å². The Balaban J connectivity index is 2.42. The third-order valence-electron chi connectivity index (χ3n) is 2.45. The highest BCUT2D eigenvalue weighted by molar-refractivity contribution is 7.81. The van der Waals surface area contributed by atoms with Crippen molar-refractivity contribution in [3.8, 4) is 0 Å². The van der Waals surface area contributed by atoms with Gasteiger partial charge in [0.05, 0.1) is 5.56 Å². The van der Waals surface area contributed by atoms with E-state index in [1.54, 1.807) is 0 Å². The highest BCUT2D eigenvalue weighted by atomic mass is 32.1. The van der Waals surface area contributed by atoms with Crippen molar-refractivity contribution >= 4 is 24.4 Å². The molecule has 2 rings (SSSR count). The van der Waals surface area contributed by atoms with Gasteiger partial charge in [-0.3, -0.25) is 9.69 Å². The standard InChI is InChI=1S/C10H9F3N2OS/c11-10(12,13)7-2-1-3-14-9(7)15-5-6(17)4-8(15)16/h1-3,6,17H,4-5H2. The van der Waals surface area contributed by atoms with Crippen LogP contribution < -0.4 is 4.90 Å². The molecule has 92 valence electrons. The number of alkyl halides is 3. The minimum atomic E-state index is -4.52. The molecule has 1 saturated heterocycles. The minimum absolute atomic E-state index is 0.136. The molecule has 7 heteroatoms. The molecule has 3 nitrogen and oxygen atoms in total. The van der Waals surface area contributed by atoms with E-state index in [1.165, 1.54) is 12.3 Å². The number of pyridine rings is 1. The number of carbonyl (C=O) groups excluding carboxylic acids is 1. The molecule has 2 heterocycles. The van der Waals surface area contributed by atoms with Crippen molar-refractivity contribution in [1.82, 2.24) is 4.98 Å². The molecule has 0 radical (unpaired) electrons. The first-order chi connectivity index (χ1) is 7.89. The molecule has 0 saturated carbocycles. The molecule has 1 fully saturated rings. The van der Waals surface area contributed by atoms with Gasteiger partial charge < -0.3 is 0 Å². The van der Waals surface area contributed by atoms with Gasteiger partial charge in [-0.2, -0.15) is 25.8 Å². The first-order valence-corrected chi connectivity index (χ1v) is 5.42. The third-order valence-corrected chi connectivity index (χ3v) is 2.80. The van der Waals surface area contributed by atoms with Gasteiger partial charge in [0, 0.05) is 24.4 Å². The van der Waals surface area contributed by atoms with Crippen molar-refractivity contribution in [2.24, 2.45) is 0 Å². The summed E-state index contributed by atoms with van der Waals surface area (Å²) in [6.07, 6.45) is -3.14. The molecule has 1 amide bonds. The summed E-state index contributed by atoms with van der Waals surface area (Å²) in [6, 6.07) is 2.12. The van der Waals surface area contributed by atoms with Crippen molar-refractivity contribution in [2.45, 2.75) is 17.8 Å². The zero-order chi connectivity index (χ0) is 12.6. The fourth-order valence-electron chi connectivity index (χ4n) is 1.73. The van der Waals surface area contributed by atoms with Crippen molar-refractivity contribution in [3.05, 3.63) is 23.9 Å². The summed E-state index contributed by atoms with van der Waals surface area (Å²) in [5, 5.41) is -0.245. The Morgan fingerprint density at radius 1 is 1.47 bits per heavy atom. The lowest BCUT2D eigenvalue weighted by Gasteiger charge is -2.19. The van der Waals surface area contributed by atoms with E-state index < -0.39 is 11.7 Å². The smallest absolute Gasteiger partial charge is 0.295 e. The quantitative estimate of drug-likeness (QED) is 0.787. The van der Waals surface area contributed by atoms with Crippen LogP contribution in [-0.2, 0) is 11.0 Å². The number of halogens is 3. The Kier molecular flexibility index (Phi) is 3.03. The first kappa shape index (κ1) is 12.2. The molecule has 1 aromatic rings. The fraction of sp³-hybridized carbons (Fsp3) is 0.400. The van der Waals surface area contributed by atoms with E-state index in [-0.39, 0.29) is 29.9 Å². The van der Waals surface area contributed by atoms with Gasteiger partial charge in [0.2, 0.25) is 5.91 Å². The Bertz CT molecular complexity index is 449. The molecule has 0 N–H and O–H groups in total. The first-order valence-electron chi connectivity index (χ1n) is 4.90. The number of anilines is 1.